The van der Waals surface area contributed by atoms with Crippen molar-refractivity contribution in [3.05, 3.63) is 24.3 Å². The second-order valence-electron chi connectivity index (χ2n) is 7.15. The maximum atomic E-state index is 12.1. The Morgan fingerprint density at radius 2 is 1.92 bits per heavy atom. The van der Waals surface area contributed by atoms with Gasteiger partial charge in [-0.3, -0.25) is 4.79 Å². The summed E-state index contributed by atoms with van der Waals surface area (Å²) in [6.07, 6.45) is 4.83. The highest BCUT2D eigenvalue weighted by Crippen LogP contribution is 2.25. The van der Waals surface area contributed by atoms with Gasteiger partial charge < -0.3 is 19.7 Å². The Bertz CT molecular complexity index is 529. The Labute approximate surface area is 158 Å². The Morgan fingerprint density at radius 1 is 1.19 bits per heavy atom. The summed E-state index contributed by atoms with van der Waals surface area (Å²) in [6, 6.07) is 7.52. The summed E-state index contributed by atoms with van der Waals surface area (Å²) in [4.78, 5) is 14.4. The third-order valence-corrected chi connectivity index (χ3v) is 5.05. The van der Waals surface area contributed by atoms with Gasteiger partial charge in [0.2, 0.25) is 5.91 Å². The molecule has 146 valence electrons. The Morgan fingerprint density at radius 3 is 2.58 bits per heavy atom. The van der Waals surface area contributed by atoms with Crippen LogP contribution in [0, 0.1) is 5.92 Å². The van der Waals surface area contributed by atoms with E-state index in [1.807, 2.05) is 24.3 Å². The molecule has 0 aromatic heterocycles. The number of rotatable bonds is 10. The molecule has 1 amide bonds. The molecule has 2 atom stereocenters. The van der Waals surface area contributed by atoms with Crippen LogP contribution in [0.3, 0.4) is 0 Å². The van der Waals surface area contributed by atoms with Crippen molar-refractivity contribution in [3.8, 4) is 5.75 Å². The minimum atomic E-state index is -0.0987. The molecule has 0 saturated heterocycles. The first-order valence-corrected chi connectivity index (χ1v) is 9.97. The molecule has 2 rings (SSSR count). The van der Waals surface area contributed by atoms with Crippen LogP contribution in [-0.2, 0) is 9.53 Å². The van der Waals surface area contributed by atoms with Crippen molar-refractivity contribution in [1.29, 1.82) is 0 Å². The van der Waals surface area contributed by atoms with Gasteiger partial charge in [0.1, 0.15) is 19.0 Å². The molecular weight excluding hydrogens is 328 g/mol. The van der Waals surface area contributed by atoms with Crippen LogP contribution < -0.4 is 10.1 Å². The molecule has 1 aromatic rings. The predicted octanol–water partition coefficient (Wildman–Crippen LogP) is 3.94. The average molecular weight is 363 g/mol. The standard InChI is InChI=1S/C21H34N2O3/c1-4-23(5-2)13-14-25-19-11-9-18(10-12-19)22-21(24)16-26-20-8-6-7-17(3)15-20/h9-12,17,20H,4-8,13-16H2,1-3H3,(H,22,24). The van der Waals surface area contributed by atoms with Crippen molar-refractivity contribution in [3.63, 3.8) is 0 Å². The highest BCUT2D eigenvalue weighted by molar-refractivity contribution is 5.91. The fourth-order valence-corrected chi connectivity index (χ4v) is 3.39. The van der Waals surface area contributed by atoms with Crippen molar-refractivity contribution in [2.45, 2.75) is 52.6 Å². The van der Waals surface area contributed by atoms with Gasteiger partial charge in [0.05, 0.1) is 6.10 Å². The van der Waals surface area contributed by atoms with Crippen LogP contribution in [0.2, 0.25) is 0 Å². The number of carbonyl (C=O) groups is 1. The molecule has 1 aromatic carbocycles. The molecule has 0 spiro atoms. The minimum Gasteiger partial charge on any atom is -0.492 e. The molecule has 5 nitrogen and oxygen atoms in total. The van der Waals surface area contributed by atoms with Gasteiger partial charge in [-0.15, -0.1) is 0 Å². The van der Waals surface area contributed by atoms with Gasteiger partial charge in [0.15, 0.2) is 0 Å². The summed E-state index contributed by atoms with van der Waals surface area (Å²) < 4.78 is 11.5. The van der Waals surface area contributed by atoms with Gasteiger partial charge in [-0.2, -0.15) is 0 Å². The smallest absolute Gasteiger partial charge is 0.250 e. The number of hydrogen-bond acceptors (Lipinski definition) is 4. The van der Waals surface area contributed by atoms with Gasteiger partial charge in [0.25, 0.3) is 0 Å². The van der Waals surface area contributed by atoms with Gasteiger partial charge in [-0.05, 0) is 56.1 Å². The van der Waals surface area contributed by atoms with Crippen LogP contribution in [-0.4, -0.2) is 49.8 Å². The van der Waals surface area contributed by atoms with E-state index in [1.165, 1.54) is 12.8 Å². The van der Waals surface area contributed by atoms with Crippen LogP contribution >= 0.6 is 0 Å². The lowest BCUT2D eigenvalue weighted by Crippen LogP contribution is -2.27. The minimum absolute atomic E-state index is 0.0987. The van der Waals surface area contributed by atoms with Gasteiger partial charge in [-0.1, -0.05) is 33.6 Å². The van der Waals surface area contributed by atoms with Crippen LogP contribution in [0.4, 0.5) is 5.69 Å². The zero-order valence-electron chi connectivity index (χ0n) is 16.5. The van der Waals surface area contributed by atoms with Crippen molar-refractivity contribution in [1.82, 2.24) is 4.90 Å². The monoisotopic (exact) mass is 362 g/mol. The van der Waals surface area contributed by atoms with E-state index in [4.69, 9.17) is 9.47 Å². The molecule has 0 aliphatic heterocycles. The molecule has 1 N–H and O–H groups in total. The lowest BCUT2D eigenvalue weighted by Gasteiger charge is -2.26. The van der Waals surface area contributed by atoms with Crippen molar-refractivity contribution in [2.24, 2.45) is 5.92 Å². The molecule has 0 radical (unpaired) electrons. The summed E-state index contributed by atoms with van der Waals surface area (Å²) in [5, 5.41) is 2.88. The third-order valence-electron chi connectivity index (χ3n) is 5.05. The van der Waals surface area contributed by atoms with E-state index in [0.29, 0.717) is 12.5 Å². The van der Waals surface area contributed by atoms with E-state index in [1.54, 1.807) is 0 Å². The highest BCUT2D eigenvalue weighted by Gasteiger charge is 2.20. The topological polar surface area (TPSA) is 50.8 Å². The second kappa shape index (κ2) is 11.2. The molecule has 1 fully saturated rings. The normalized spacial score (nSPS) is 20.2. The summed E-state index contributed by atoms with van der Waals surface area (Å²) >= 11 is 0. The third kappa shape index (κ3) is 7.34. The Hall–Kier alpha value is -1.59. The number of carbonyl (C=O) groups excluding carboxylic acids is 1. The number of anilines is 1. The largest absolute Gasteiger partial charge is 0.492 e. The zero-order chi connectivity index (χ0) is 18.8. The number of hydrogen-bond donors (Lipinski definition) is 1. The quantitative estimate of drug-likeness (QED) is 0.685. The predicted molar refractivity (Wildman–Crippen MR) is 106 cm³/mol. The van der Waals surface area contributed by atoms with E-state index in [0.717, 1.165) is 43.9 Å². The number of ether oxygens (including phenoxy) is 2. The summed E-state index contributed by atoms with van der Waals surface area (Å²) in [5.41, 5.74) is 0.770. The van der Waals surface area contributed by atoms with E-state index in [9.17, 15) is 4.79 Å². The summed E-state index contributed by atoms with van der Waals surface area (Å²) in [7, 11) is 0. The molecule has 1 aliphatic carbocycles. The molecule has 0 heterocycles. The maximum absolute atomic E-state index is 12.1. The highest BCUT2D eigenvalue weighted by atomic mass is 16.5. The fourth-order valence-electron chi connectivity index (χ4n) is 3.39. The molecule has 26 heavy (non-hydrogen) atoms. The molecular formula is C21H34N2O3. The lowest BCUT2D eigenvalue weighted by molar-refractivity contribution is -0.123. The summed E-state index contributed by atoms with van der Waals surface area (Å²) in [6.45, 7) is 10.3. The van der Waals surface area contributed by atoms with Crippen LogP contribution in [0.5, 0.6) is 5.75 Å². The SMILES string of the molecule is CCN(CC)CCOc1ccc(NC(=O)COC2CCCC(C)C2)cc1. The number of nitrogens with zero attached hydrogens (tertiary/aromatic N) is 1. The van der Waals surface area contributed by atoms with Crippen LogP contribution in [0.15, 0.2) is 24.3 Å². The van der Waals surface area contributed by atoms with Gasteiger partial charge in [-0.25, -0.2) is 0 Å². The van der Waals surface area contributed by atoms with Crippen molar-refractivity contribution in [2.75, 3.05) is 38.2 Å². The molecule has 0 bridgehead atoms. The van der Waals surface area contributed by atoms with Crippen LogP contribution in [0.1, 0.15) is 46.5 Å². The van der Waals surface area contributed by atoms with Gasteiger partial charge >= 0.3 is 0 Å². The molecule has 5 heteroatoms. The molecule has 2 unspecified atom stereocenters. The zero-order valence-corrected chi connectivity index (χ0v) is 16.5. The van der Waals surface area contributed by atoms with Crippen LogP contribution in [0.25, 0.3) is 0 Å². The lowest BCUT2D eigenvalue weighted by atomic mass is 9.89. The first-order valence-electron chi connectivity index (χ1n) is 9.97. The summed E-state index contributed by atoms with van der Waals surface area (Å²) in [5.74, 6) is 1.42. The first-order chi connectivity index (χ1) is 12.6. The molecule has 1 saturated carbocycles. The molecule has 1 aliphatic rings. The number of nitrogens with one attached hydrogen (secondary N) is 1. The Balaban J connectivity index is 1.68. The van der Waals surface area contributed by atoms with E-state index in [-0.39, 0.29) is 18.6 Å². The average Bonchev–Trinajstić information content (AvgIpc) is 2.65. The van der Waals surface area contributed by atoms with E-state index < -0.39 is 0 Å². The first kappa shape index (κ1) is 20.7. The Kier molecular flexibility index (Phi) is 8.92. The number of likely N-dealkylation sites (N-methyl/N-ethyl adjacent to an activating group) is 1. The number of benzene rings is 1. The second-order valence-corrected chi connectivity index (χ2v) is 7.15. The van der Waals surface area contributed by atoms with Crippen molar-refractivity contribution >= 4 is 11.6 Å². The van der Waals surface area contributed by atoms with Crippen molar-refractivity contribution < 1.29 is 14.3 Å². The van der Waals surface area contributed by atoms with E-state index >= 15 is 0 Å². The van der Waals surface area contributed by atoms with E-state index in [2.05, 4.69) is 31.0 Å². The number of amides is 1. The fraction of sp³-hybridized carbons (Fsp3) is 0.667. The van der Waals surface area contributed by atoms with Gasteiger partial charge in [0, 0.05) is 12.2 Å². The maximum Gasteiger partial charge on any atom is 0.250 e.